The van der Waals surface area contributed by atoms with E-state index in [-0.39, 0.29) is 0 Å². The van der Waals surface area contributed by atoms with Crippen molar-refractivity contribution in [2.45, 2.75) is 6.61 Å². The van der Waals surface area contributed by atoms with Crippen molar-refractivity contribution in [1.82, 2.24) is 9.97 Å². The first-order valence-electron chi connectivity index (χ1n) is 8.58. The molecule has 0 bridgehead atoms. The monoisotopic (exact) mass is 594 g/mol. The zero-order valence-electron chi connectivity index (χ0n) is 14.7. The SMILES string of the molecule is Ic1cc(/C=N/Nc2nc3ccccc3[nH]2)cc(I)c1OCc1ccccc1. The van der Waals surface area contributed by atoms with Gasteiger partial charge in [-0.1, -0.05) is 42.5 Å². The number of anilines is 1. The molecule has 0 amide bonds. The first-order valence-corrected chi connectivity index (χ1v) is 10.7. The molecule has 0 saturated carbocycles. The van der Waals surface area contributed by atoms with Gasteiger partial charge in [-0.05, 0) is 80.6 Å². The predicted octanol–water partition coefficient (Wildman–Crippen LogP) is 5.80. The molecule has 0 fully saturated rings. The third-order valence-electron chi connectivity index (χ3n) is 4.02. The van der Waals surface area contributed by atoms with E-state index in [9.17, 15) is 0 Å². The summed E-state index contributed by atoms with van der Waals surface area (Å²) >= 11 is 4.59. The highest BCUT2D eigenvalue weighted by Gasteiger charge is 2.09. The highest BCUT2D eigenvalue weighted by Crippen LogP contribution is 2.29. The summed E-state index contributed by atoms with van der Waals surface area (Å²) in [5, 5.41) is 4.30. The molecular weight excluding hydrogens is 578 g/mol. The fourth-order valence-corrected chi connectivity index (χ4v) is 4.82. The molecule has 4 rings (SSSR count). The van der Waals surface area contributed by atoms with Gasteiger partial charge in [0.2, 0.25) is 5.95 Å². The van der Waals surface area contributed by atoms with Crippen molar-refractivity contribution >= 4 is 68.4 Å². The van der Waals surface area contributed by atoms with Gasteiger partial charge >= 0.3 is 0 Å². The van der Waals surface area contributed by atoms with Gasteiger partial charge in [0.25, 0.3) is 0 Å². The van der Waals surface area contributed by atoms with Gasteiger partial charge in [0.1, 0.15) is 12.4 Å². The summed E-state index contributed by atoms with van der Waals surface area (Å²) in [5.41, 5.74) is 6.97. The van der Waals surface area contributed by atoms with Crippen LogP contribution in [-0.2, 0) is 6.61 Å². The fourth-order valence-electron chi connectivity index (χ4n) is 2.70. The van der Waals surface area contributed by atoms with Gasteiger partial charge in [-0.3, -0.25) is 0 Å². The van der Waals surface area contributed by atoms with Gasteiger partial charge in [-0.25, -0.2) is 10.4 Å². The van der Waals surface area contributed by atoms with Crippen LogP contribution in [0.3, 0.4) is 0 Å². The Labute approximate surface area is 189 Å². The first-order chi connectivity index (χ1) is 13.7. The molecule has 28 heavy (non-hydrogen) atoms. The predicted molar refractivity (Wildman–Crippen MR) is 130 cm³/mol. The van der Waals surface area contributed by atoms with E-state index in [0.717, 1.165) is 35.1 Å². The highest BCUT2D eigenvalue weighted by molar-refractivity contribution is 14.1. The number of rotatable bonds is 6. The summed E-state index contributed by atoms with van der Waals surface area (Å²) in [7, 11) is 0. The molecular formula is C21H16I2N4O. The second kappa shape index (κ2) is 8.91. The number of aromatic amines is 1. The van der Waals surface area contributed by atoms with E-state index in [2.05, 4.69) is 77.8 Å². The standard InChI is InChI=1S/C21H16I2N4O/c22-16-10-15(11-17(23)20(16)28-13-14-6-2-1-3-7-14)12-24-27-21-25-18-8-4-5-9-19(18)26-21/h1-12H,13H2,(H2,25,26,27)/b24-12+. The lowest BCUT2D eigenvalue weighted by molar-refractivity contribution is 0.302. The number of fused-ring (bicyclic) bond motifs is 1. The largest absolute Gasteiger partial charge is 0.487 e. The maximum atomic E-state index is 6.03. The van der Waals surface area contributed by atoms with Crippen molar-refractivity contribution in [1.29, 1.82) is 0 Å². The third kappa shape index (κ3) is 4.64. The highest BCUT2D eigenvalue weighted by atomic mass is 127. The molecule has 5 nitrogen and oxygen atoms in total. The van der Waals surface area contributed by atoms with Crippen molar-refractivity contribution in [2.75, 3.05) is 5.43 Å². The molecule has 7 heteroatoms. The Bertz CT molecular complexity index is 1070. The Morgan fingerprint density at radius 2 is 1.71 bits per heavy atom. The van der Waals surface area contributed by atoms with Gasteiger partial charge in [0.15, 0.2) is 0 Å². The minimum absolute atomic E-state index is 0.549. The van der Waals surface area contributed by atoms with Crippen LogP contribution in [-0.4, -0.2) is 16.2 Å². The maximum absolute atomic E-state index is 6.03. The lowest BCUT2D eigenvalue weighted by Gasteiger charge is -2.11. The van der Waals surface area contributed by atoms with Gasteiger partial charge in [0.05, 0.1) is 24.4 Å². The number of aromatic nitrogens is 2. The Balaban J connectivity index is 1.44. The fraction of sp³-hybridized carbons (Fsp3) is 0.0476. The van der Waals surface area contributed by atoms with Crippen LogP contribution in [0.1, 0.15) is 11.1 Å². The molecule has 0 saturated heterocycles. The quantitative estimate of drug-likeness (QED) is 0.169. The van der Waals surface area contributed by atoms with Crippen LogP contribution in [0.15, 0.2) is 71.8 Å². The number of hydrogen-bond donors (Lipinski definition) is 2. The molecule has 3 aromatic carbocycles. The Hall–Kier alpha value is -2.14. The molecule has 0 spiro atoms. The number of hydrogen-bond acceptors (Lipinski definition) is 4. The number of H-pyrrole nitrogens is 1. The molecule has 140 valence electrons. The second-order valence-electron chi connectivity index (χ2n) is 6.06. The second-order valence-corrected chi connectivity index (χ2v) is 8.38. The molecule has 0 atom stereocenters. The minimum atomic E-state index is 0.549. The van der Waals surface area contributed by atoms with Crippen molar-refractivity contribution in [3.8, 4) is 5.75 Å². The van der Waals surface area contributed by atoms with Crippen molar-refractivity contribution in [3.05, 3.63) is 85.0 Å². The topological polar surface area (TPSA) is 62.3 Å². The number of halogens is 2. The van der Waals surface area contributed by atoms with Crippen LogP contribution in [0.25, 0.3) is 11.0 Å². The summed E-state index contributed by atoms with van der Waals surface area (Å²) in [6.07, 6.45) is 1.78. The summed E-state index contributed by atoms with van der Waals surface area (Å²) in [6.45, 7) is 0.549. The number of benzene rings is 3. The van der Waals surface area contributed by atoms with E-state index >= 15 is 0 Å². The van der Waals surface area contributed by atoms with Crippen LogP contribution >= 0.6 is 45.2 Å². The molecule has 1 aromatic heterocycles. The van der Waals surface area contributed by atoms with E-state index in [1.807, 2.05) is 54.6 Å². The maximum Gasteiger partial charge on any atom is 0.222 e. The Morgan fingerprint density at radius 1 is 1.00 bits per heavy atom. The Kier molecular flexibility index (Phi) is 6.10. The number of nitrogens with one attached hydrogen (secondary N) is 2. The number of para-hydroxylation sites is 2. The van der Waals surface area contributed by atoms with E-state index in [1.54, 1.807) is 6.21 Å². The number of nitrogens with zero attached hydrogens (tertiary/aromatic N) is 2. The third-order valence-corrected chi connectivity index (χ3v) is 5.62. The zero-order valence-corrected chi connectivity index (χ0v) is 19.0. The summed E-state index contributed by atoms with van der Waals surface area (Å²) in [6, 6.07) is 22.1. The number of imidazole rings is 1. The van der Waals surface area contributed by atoms with E-state index < -0.39 is 0 Å². The van der Waals surface area contributed by atoms with Crippen molar-refractivity contribution < 1.29 is 4.74 Å². The minimum Gasteiger partial charge on any atom is -0.487 e. The van der Waals surface area contributed by atoms with E-state index in [0.29, 0.717) is 12.6 Å². The van der Waals surface area contributed by atoms with Crippen LogP contribution in [0.2, 0.25) is 0 Å². The summed E-state index contributed by atoms with van der Waals surface area (Å²) in [5.74, 6) is 1.51. The Morgan fingerprint density at radius 3 is 2.46 bits per heavy atom. The zero-order chi connectivity index (χ0) is 19.3. The van der Waals surface area contributed by atoms with Crippen molar-refractivity contribution in [2.24, 2.45) is 5.10 Å². The average molecular weight is 594 g/mol. The number of hydrazone groups is 1. The van der Waals surface area contributed by atoms with Gasteiger partial charge in [-0.2, -0.15) is 5.10 Å². The van der Waals surface area contributed by atoms with E-state index in [4.69, 9.17) is 4.74 Å². The van der Waals surface area contributed by atoms with Gasteiger partial charge < -0.3 is 9.72 Å². The smallest absolute Gasteiger partial charge is 0.222 e. The lowest BCUT2D eigenvalue weighted by atomic mass is 10.2. The molecule has 0 aliphatic heterocycles. The summed E-state index contributed by atoms with van der Waals surface area (Å²) < 4.78 is 8.12. The molecule has 0 aliphatic rings. The van der Waals surface area contributed by atoms with Crippen LogP contribution in [0.4, 0.5) is 5.95 Å². The average Bonchev–Trinajstić information content (AvgIpc) is 3.11. The molecule has 0 aliphatic carbocycles. The number of ether oxygens (including phenoxy) is 1. The van der Waals surface area contributed by atoms with E-state index in [1.165, 1.54) is 0 Å². The van der Waals surface area contributed by atoms with Crippen LogP contribution < -0.4 is 10.2 Å². The molecule has 0 radical (unpaired) electrons. The molecule has 2 N–H and O–H groups in total. The molecule has 1 heterocycles. The van der Waals surface area contributed by atoms with Gasteiger partial charge in [-0.15, -0.1) is 0 Å². The van der Waals surface area contributed by atoms with Crippen LogP contribution in [0, 0.1) is 7.14 Å². The lowest BCUT2D eigenvalue weighted by Crippen LogP contribution is -2.00. The van der Waals surface area contributed by atoms with Crippen molar-refractivity contribution in [3.63, 3.8) is 0 Å². The summed E-state index contributed by atoms with van der Waals surface area (Å²) in [4.78, 5) is 7.63. The molecule has 4 aromatic rings. The normalized spacial score (nSPS) is 11.2. The molecule has 0 unspecified atom stereocenters. The van der Waals surface area contributed by atoms with Crippen LogP contribution in [0.5, 0.6) is 5.75 Å². The van der Waals surface area contributed by atoms with Gasteiger partial charge in [0, 0.05) is 0 Å². The first kappa shape index (κ1) is 19.2.